The van der Waals surface area contributed by atoms with E-state index in [4.69, 9.17) is 9.84 Å². The van der Waals surface area contributed by atoms with Gasteiger partial charge in [-0.15, -0.1) is 0 Å². The van der Waals surface area contributed by atoms with Crippen LogP contribution in [0.25, 0.3) is 0 Å². The summed E-state index contributed by atoms with van der Waals surface area (Å²) in [5.41, 5.74) is 0.279. The van der Waals surface area contributed by atoms with Gasteiger partial charge in [0.25, 0.3) is 0 Å². The van der Waals surface area contributed by atoms with Crippen LogP contribution in [0.4, 0.5) is 4.79 Å². The molecule has 1 aliphatic heterocycles. The van der Waals surface area contributed by atoms with Crippen molar-refractivity contribution in [2.75, 3.05) is 26.3 Å². The van der Waals surface area contributed by atoms with Crippen LogP contribution in [-0.2, 0) is 4.74 Å². The summed E-state index contributed by atoms with van der Waals surface area (Å²) in [6, 6.07) is 0.322. The molecule has 2 N–H and O–H groups in total. The molecule has 1 heterocycles. The van der Waals surface area contributed by atoms with Crippen molar-refractivity contribution in [1.29, 1.82) is 0 Å². The molecule has 1 saturated heterocycles. The smallest absolute Gasteiger partial charge is 0.317 e. The molecule has 5 heteroatoms. The topological polar surface area (TPSA) is 61.8 Å². The zero-order chi connectivity index (χ0) is 16.7. The number of carbonyl (C=O) groups is 1. The zero-order valence-electron chi connectivity index (χ0n) is 14.8. The van der Waals surface area contributed by atoms with Crippen molar-refractivity contribution in [3.05, 3.63) is 0 Å². The number of aliphatic hydroxyl groups excluding tert-OH is 1. The molecule has 5 nitrogen and oxygen atoms in total. The van der Waals surface area contributed by atoms with Crippen LogP contribution in [0.1, 0.15) is 52.9 Å². The van der Waals surface area contributed by atoms with E-state index in [9.17, 15) is 4.79 Å². The molecule has 2 saturated carbocycles. The molecule has 3 fully saturated rings. The third kappa shape index (κ3) is 3.10. The fourth-order valence-corrected chi connectivity index (χ4v) is 4.77. The van der Waals surface area contributed by atoms with Crippen LogP contribution >= 0.6 is 0 Å². The maximum atomic E-state index is 12.8. The second-order valence-corrected chi connectivity index (χ2v) is 8.82. The predicted octanol–water partition coefficient (Wildman–Crippen LogP) is 2.38. The van der Waals surface area contributed by atoms with Gasteiger partial charge in [0.05, 0.1) is 6.10 Å². The number of nitrogens with one attached hydrogen (secondary N) is 1. The van der Waals surface area contributed by atoms with E-state index >= 15 is 0 Å². The highest BCUT2D eigenvalue weighted by Crippen LogP contribution is 2.62. The fraction of sp³-hybridized carbons (Fsp3) is 0.944. The molecule has 132 valence electrons. The van der Waals surface area contributed by atoms with Gasteiger partial charge in [-0.25, -0.2) is 4.79 Å². The molecule has 3 unspecified atom stereocenters. The Labute approximate surface area is 139 Å². The first kappa shape index (κ1) is 17.0. The second-order valence-electron chi connectivity index (χ2n) is 8.82. The molecule has 1 spiro atoms. The first-order valence-electron chi connectivity index (χ1n) is 9.15. The summed E-state index contributed by atoms with van der Waals surface area (Å²) >= 11 is 0. The van der Waals surface area contributed by atoms with Crippen LogP contribution in [0.5, 0.6) is 0 Å². The fourth-order valence-electron chi connectivity index (χ4n) is 4.77. The average Bonchev–Trinajstić information content (AvgIpc) is 2.82. The number of ether oxygens (including phenoxy) is 1. The molecule has 0 bridgehead atoms. The Bertz CT molecular complexity index is 442. The van der Waals surface area contributed by atoms with E-state index in [2.05, 4.69) is 26.1 Å². The monoisotopic (exact) mass is 324 g/mol. The van der Waals surface area contributed by atoms with Crippen molar-refractivity contribution in [1.82, 2.24) is 10.2 Å². The van der Waals surface area contributed by atoms with Gasteiger partial charge in [-0.1, -0.05) is 27.2 Å². The largest absolute Gasteiger partial charge is 0.396 e. The zero-order valence-corrected chi connectivity index (χ0v) is 14.8. The van der Waals surface area contributed by atoms with Crippen molar-refractivity contribution in [2.45, 2.75) is 65.0 Å². The van der Waals surface area contributed by atoms with Crippen molar-refractivity contribution < 1.29 is 14.6 Å². The van der Waals surface area contributed by atoms with Crippen LogP contribution in [0.15, 0.2) is 0 Å². The highest BCUT2D eigenvalue weighted by Gasteiger charge is 2.67. The lowest BCUT2D eigenvalue weighted by atomic mass is 9.46. The Balaban J connectivity index is 1.63. The van der Waals surface area contributed by atoms with Crippen LogP contribution in [0, 0.1) is 16.7 Å². The Morgan fingerprint density at radius 2 is 2.13 bits per heavy atom. The summed E-state index contributed by atoms with van der Waals surface area (Å²) in [6.07, 6.45) is 5.73. The molecule has 2 amide bonds. The van der Waals surface area contributed by atoms with Crippen molar-refractivity contribution >= 4 is 6.03 Å². The van der Waals surface area contributed by atoms with Gasteiger partial charge < -0.3 is 20.1 Å². The minimum absolute atomic E-state index is 0.0370. The van der Waals surface area contributed by atoms with Crippen LogP contribution in [0.2, 0.25) is 0 Å². The lowest BCUT2D eigenvalue weighted by molar-refractivity contribution is -0.172. The normalized spacial score (nSPS) is 31.2. The van der Waals surface area contributed by atoms with Gasteiger partial charge in [0.15, 0.2) is 0 Å². The number of hydrogen-bond donors (Lipinski definition) is 2. The molecule has 3 atom stereocenters. The van der Waals surface area contributed by atoms with E-state index in [1.165, 1.54) is 19.3 Å². The van der Waals surface area contributed by atoms with Gasteiger partial charge >= 0.3 is 6.03 Å². The number of aliphatic hydroxyl groups is 1. The van der Waals surface area contributed by atoms with E-state index in [1.54, 1.807) is 0 Å². The molecule has 0 aromatic carbocycles. The highest BCUT2D eigenvalue weighted by atomic mass is 16.5. The van der Waals surface area contributed by atoms with Crippen LogP contribution in [0.3, 0.4) is 0 Å². The summed E-state index contributed by atoms with van der Waals surface area (Å²) in [5, 5.41) is 12.5. The van der Waals surface area contributed by atoms with E-state index in [0.29, 0.717) is 31.5 Å². The highest BCUT2D eigenvalue weighted by molar-refractivity contribution is 5.75. The summed E-state index contributed by atoms with van der Waals surface area (Å²) in [6.45, 7) is 8.73. The van der Waals surface area contributed by atoms with Gasteiger partial charge in [-0.2, -0.15) is 0 Å². The molecule has 0 radical (unpaired) electrons. The molecular weight excluding hydrogens is 292 g/mol. The Morgan fingerprint density at radius 3 is 2.70 bits per heavy atom. The van der Waals surface area contributed by atoms with Crippen LogP contribution < -0.4 is 5.32 Å². The SMILES string of the molecule is CC(C)(C)CN(CCCO)C(=O)NC1C2CCOC2C12CCC2. The standard InChI is InChI=1S/C18H32N2O3/c1-17(2,3)12-20(9-5-10-21)16(22)19-14-13-6-11-23-15(13)18(14)7-4-8-18/h13-15,21H,4-12H2,1-3H3,(H,19,22). The summed E-state index contributed by atoms with van der Waals surface area (Å²) in [5.74, 6) is 0.508. The first-order valence-corrected chi connectivity index (χ1v) is 9.15. The Kier molecular flexibility index (Phi) is 4.62. The third-order valence-electron chi connectivity index (χ3n) is 5.85. The average molecular weight is 324 g/mol. The summed E-state index contributed by atoms with van der Waals surface area (Å²) < 4.78 is 5.93. The molecular formula is C18H32N2O3. The van der Waals surface area contributed by atoms with E-state index < -0.39 is 0 Å². The number of carbonyl (C=O) groups excluding carboxylic acids is 1. The third-order valence-corrected chi connectivity index (χ3v) is 5.85. The Morgan fingerprint density at radius 1 is 1.39 bits per heavy atom. The molecule has 3 aliphatic rings. The summed E-state index contributed by atoms with van der Waals surface area (Å²) in [4.78, 5) is 14.7. The quantitative estimate of drug-likeness (QED) is 0.816. The first-order chi connectivity index (χ1) is 10.9. The predicted molar refractivity (Wildman–Crippen MR) is 89.2 cm³/mol. The van der Waals surface area contributed by atoms with E-state index in [0.717, 1.165) is 13.0 Å². The van der Waals surface area contributed by atoms with E-state index in [-0.39, 0.29) is 29.5 Å². The molecule has 3 rings (SSSR count). The number of rotatable bonds is 5. The number of hydrogen-bond acceptors (Lipinski definition) is 3. The number of fused-ring (bicyclic) bond motifs is 2. The summed E-state index contributed by atoms with van der Waals surface area (Å²) in [7, 11) is 0. The molecule has 0 aromatic rings. The van der Waals surface area contributed by atoms with Gasteiger partial charge in [0, 0.05) is 43.7 Å². The van der Waals surface area contributed by atoms with Crippen molar-refractivity contribution in [3.63, 3.8) is 0 Å². The Hall–Kier alpha value is -0.810. The minimum atomic E-state index is 0.0370. The van der Waals surface area contributed by atoms with Gasteiger partial charge in [0.1, 0.15) is 0 Å². The van der Waals surface area contributed by atoms with Crippen LogP contribution in [-0.4, -0.2) is 54.5 Å². The number of amides is 2. The number of urea groups is 1. The number of nitrogens with zero attached hydrogens (tertiary/aromatic N) is 1. The van der Waals surface area contributed by atoms with Crippen molar-refractivity contribution in [3.8, 4) is 0 Å². The van der Waals surface area contributed by atoms with Gasteiger partial charge in [-0.3, -0.25) is 0 Å². The maximum Gasteiger partial charge on any atom is 0.317 e. The maximum absolute atomic E-state index is 12.8. The minimum Gasteiger partial charge on any atom is -0.396 e. The molecule has 2 aliphatic carbocycles. The second kappa shape index (κ2) is 6.25. The van der Waals surface area contributed by atoms with Gasteiger partial charge in [0.2, 0.25) is 0 Å². The van der Waals surface area contributed by atoms with Gasteiger partial charge in [-0.05, 0) is 31.1 Å². The molecule has 23 heavy (non-hydrogen) atoms. The van der Waals surface area contributed by atoms with Crippen molar-refractivity contribution in [2.24, 2.45) is 16.7 Å². The molecule has 0 aromatic heterocycles. The lowest BCUT2D eigenvalue weighted by Gasteiger charge is -2.63. The van der Waals surface area contributed by atoms with E-state index in [1.807, 2.05) is 4.90 Å². The lowest BCUT2D eigenvalue weighted by Crippen LogP contribution is -2.72.